The van der Waals surface area contributed by atoms with Gasteiger partial charge in [-0.25, -0.2) is 4.79 Å². The molecule has 0 saturated carbocycles. The lowest BCUT2D eigenvalue weighted by atomic mass is 9.98. The highest BCUT2D eigenvalue weighted by atomic mass is 16.5. The van der Waals surface area contributed by atoms with E-state index in [1.54, 1.807) is 13.8 Å². The normalized spacial score (nSPS) is 16.6. The van der Waals surface area contributed by atoms with Crippen LogP contribution < -0.4 is 22.1 Å². The predicted molar refractivity (Wildman–Crippen MR) is 103 cm³/mol. The zero-order chi connectivity index (χ0) is 22.0. The van der Waals surface area contributed by atoms with Gasteiger partial charge in [-0.05, 0) is 25.2 Å². The molecule has 0 aliphatic rings. The Hall–Kier alpha value is -2.04. The van der Waals surface area contributed by atoms with Gasteiger partial charge in [-0.3, -0.25) is 9.59 Å². The molecule has 0 aromatic rings. The third-order valence-corrected chi connectivity index (χ3v) is 4.13. The molecular formula is C18H34N4O6. The second kappa shape index (κ2) is 12.4. The van der Waals surface area contributed by atoms with Gasteiger partial charge in [0.15, 0.2) is 0 Å². The van der Waals surface area contributed by atoms with E-state index in [4.69, 9.17) is 16.2 Å². The summed E-state index contributed by atoms with van der Waals surface area (Å²) in [5.41, 5.74) is 11.5. The molecule has 0 aliphatic heterocycles. The molecule has 162 valence electrons. The number of aliphatic hydroxyl groups excluding tert-OH is 1. The summed E-state index contributed by atoms with van der Waals surface area (Å²) >= 11 is 0. The van der Waals surface area contributed by atoms with Gasteiger partial charge in [-0.2, -0.15) is 0 Å². The van der Waals surface area contributed by atoms with Crippen LogP contribution in [0.2, 0.25) is 0 Å². The minimum Gasteiger partial charge on any atom is -0.459 e. The molecule has 0 aromatic heterocycles. The minimum absolute atomic E-state index is 0.0453. The van der Waals surface area contributed by atoms with Crippen LogP contribution in [0.15, 0.2) is 0 Å². The Bertz CT molecular complexity index is 540. The molecule has 0 saturated heterocycles. The average molecular weight is 402 g/mol. The summed E-state index contributed by atoms with van der Waals surface area (Å²) in [5, 5.41) is 14.7. The molecule has 2 amide bonds. The fourth-order valence-electron chi connectivity index (χ4n) is 2.34. The van der Waals surface area contributed by atoms with Crippen LogP contribution in [0.3, 0.4) is 0 Å². The Morgan fingerprint density at radius 3 is 2.07 bits per heavy atom. The van der Waals surface area contributed by atoms with E-state index in [1.165, 1.54) is 6.92 Å². The summed E-state index contributed by atoms with van der Waals surface area (Å²) in [6.45, 7) is 8.39. The molecule has 28 heavy (non-hydrogen) atoms. The van der Waals surface area contributed by atoms with Crippen molar-refractivity contribution in [1.82, 2.24) is 10.6 Å². The second-order valence-corrected chi connectivity index (χ2v) is 7.53. The van der Waals surface area contributed by atoms with Gasteiger partial charge in [0.2, 0.25) is 11.8 Å². The van der Waals surface area contributed by atoms with Crippen LogP contribution in [0.5, 0.6) is 0 Å². The zero-order valence-corrected chi connectivity index (χ0v) is 17.2. The number of amides is 2. The summed E-state index contributed by atoms with van der Waals surface area (Å²) in [7, 11) is 0. The number of ether oxygens (including phenoxy) is 1. The van der Waals surface area contributed by atoms with Crippen LogP contribution in [-0.2, 0) is 23.9 Å². The summed E-state index contributed by atoms with van der Waals surface area (Å²) in [6, 6.07) is -3.38. The highest BCUT2D eigenvalue weighted by molar-refractivity contribution is 5.88. The fraction of sp³-hybridized carbons (Fsp3) is 0.778. The molecule has 0 aliphatic carbocycles. The first-order valence-corrected chi connectivity index (χ1v) is 9.33. The number of nitrogens with two attached hydrogens (primary N) is 2. The van der Waals surface area contributed by atoms with E-state index in [-0.39, 0.29) is 24.8 Å². The van der Waals surface area contributed by atoms with E-state index in [9.17, 15) is 24.3 Å². The number of aliphatic hydroxyl groups is 1. The first-order valence-electron chi connectivity index (χ1n) is 9.33. The van der Waals surface area contributed by atoms with Crippen LogP contribution in [-0.4, -0.2) is 66.1 Å². The van der Waals surface area contributed by atoms with Crippen molar-refractivity contribution in [3.8, 4) is 0 Å². The quantitative estimate of drug-likeness (QED) is 0.192. The smallest absolute Gasteiger partial charge is 0.328 e. The largest absolute Gasteiger partial charge is 0.459 e. The highest BCUT2D eigenvalue weighted by Gasteiger charge is 2.32. The van der Waals surface area contributed by atoms with Crippen LogP contribution in [0.1, 0.15) is 41.0 Å². The SMILES string of the molecule is CC(C)C[C@H](NC(=O)[C@@H](N)[C@H](O)C(C)C)C(=O)O[C@H](C)[C@H](N)C(=O)NCC=O. The van der Waals surface area contributed by atoms with Gasteiger partial charge in [-0.15, -0.1) is 0 Å². The average Bonchev–Trinajstić information content (AvgIpc) is 2.62. The van der Waals surface area contributed by atoms with Crippen molar-refractivity contribution in [2.75, 3.05) is 6.54 Å². The maximum atomic E-state index is 12.5. The lowest BCUT2D eigenvalue weighted by Crippen LogP contribution is -2.55. The Balaban J connectivity index is 5.04. The standard InChI is InChI=1S/C18H34N4O6/c1-9(2)8-12(22-17(26)14(20)15(24)10(3)4)18(27)28-11(5)13(19)16(25)21-6-7-23/h7,9-15,24H,6,8,19-20H2,1-5H3,(H,21,25)(H,22,26)/t11-,12+,13+,14+,15-/m1/s1. The van der Waals surface area contributed by atoms with E-state index >= 15 is 0 Å². The van der Waals surface area contributed by atoms with E-state index in [0.717, 1.165) is 0 Å². The molecule has 0 rings (SSSR count). The number of hydrogen-bond donors (Lipinski definition) is 5. The predicted octanol–water partition coefficient (Wildman–Crippen LogP) is -1.56. The Kier molecular flexibility index (Phi) is 11.5. The number of nitrogens with one attached hydrogen (secondary N) is 2. The van der Waals surface area contributed by atoms with E-state index in [0.29, 0.717) is 6.29 Å². The molecular weight excluding hydrogens is 368 g/mol. The number of rotatable bonds is 12. The molecule has 0 heterocycles. The Morgan fingerprint density at radius 2 is 1.61 bits per heavy atom. The number of aldehydes is 1. The Morgan fingerprint density at radius 1 is 1.04 bits per heavy atom. The number of esters is 1. The van der Waals surface area contributed by atoms with Gasteiger partial charge in [0.05, 0.1) is 12.6 Å². The molecule has 0 spiro atoms. The maximum absolute atomic E-state index is 12.5. The van der Waals surface area contributed by atoms with Crippen LogP contribution in [0, 0.1) is 11.8 Å². The molecule has 0 fully saturated rings. The van der Waals surface area contributed by atoms with Gasteiger partial charge in [0.1, 0.15) is 30.5 Å². The van der Waals surface area contributed by atoms with E-state index in [1.807, 2.05) is 13.8 Å². The zero-order valence-electron chi connectivity index (χ0n) is 17.2. The summed E-state index contributed by atoms with van der Waals surface area (Å²) < 4.78 is 5.23. The topological polar surface area (TPSA) is 174 Å². The molecule has 7 N–H and O–H groups in total. The number of carbonyl (C=O) groups excluding carboxylic acids is 4. The summed E-state index contributed by atoms with van der Waals surface area (Å²) in [6.07, 6.45) is -1.27. The van der Waals surface area contributed by atoms with Crippen molar-refractivity contribution in [2.24, 2.45) is 23.3 Å². The van der Waals surface area contributed by atoms with Gasteiger partial charge in [0, 0.05) is 0 Å². The third-order valence-electron chi connectivity index (χ3n) is 4.13. The van der Waals surface area contributed by atoms with Crippen molar-refractivity contribution < 1.29 is 29.0 Å². The lowest BCUT2D eigenvalue weighted by Gasteiger charge is -2.27. The first kappa shape index (κ1) is 26.0. The van der Waals surface area contributed by atoms with E-state index < -0.39 is 48.1 Å². The first-order chi connectivity index (χ1) is 12.9. The van der Waals surface area contributed by atoms with Crippen molar-refractivity contribution in [3.63, 3.8) is 0 Å². The molecule has 0 aromatic carbocycles. The van der Waals surface area contributed by atoms with E-state index in [2.05, 4.69) is 10.6 Å². The monoisotopic (exact) mass is 402 g/mol. The molecule has 0 radical (unpaired) electrons. The second-order valence-electron chi connectivity index (χ2n) is 7.53. The molecule has 0 unspecified atom stereocenters. The van der Waals surface area contributed by atoms with Crippen LogP contribution >= 0.6 is 0 Å². The highest BCUT2D eigenvalue weighted by Crippen LogP contribution is 2.11. The molecule has 10 heteroatoms. The molecule has 5 atom stereocenters. The van der Waals surface area contributed by atoms with Crippen molar-refractivity contribution in [3.05, 3.63) is 0 Å². The van der Waals surface area contributed by atoms with Crippen LogP contribution in [0.25, 0.3) is 0 Å². The summed E-state index contributed by atoms with van der Waals surface area (Å²) in [5.74, 6) is -2.27. The minimum atomic E-state index is -1.20. The fourth-order valence-corrected chi connectivity index (χ4v) is 2.34. The molecule has 0 bridgehead atoms. The molecule has 10 nitrogen and oxygen atoms in total. The van der Waals surface area contributed by atoms with Gasteiger partial charge in [0.25, 0.3) is 0 Å². The van der Waals surface area contributed by atoms with Crippen molar-refractivity contribution in [2.45, 2.75) is 71.4 Å². The van der Waals surface area contributed by atoms with Gasteiger partial charge < -0.3 is 36.7 Å². The maximum Gasteiger partial charge on any atom is 0.328 e. The van der Waals surface area contributed by atoms with Crippen LogP contribution in [0.4, 0.5) is 0 Å². The van der Waals surface area contributed by atoms with Gasteiger partial charge >= 0.3 is 5.97 Å². The number of hydrogen-bond acceptors (Lipinski definition) is 8. The van der Waals surface area contributed by atoms with Crippen molar-refractivity contribution in [1.29, 1.82) is 0 Å². The lowest BCUT2D eigenvalue weighted by molar-refractivity contribution is -0.155. The third kappa shape index (κ3) is 8.77. The van der Waals surface area contributed by atoms with Gasteiger partial charge in [-0.1, -0.05) is 27.7 Å². The summed E-state index contributed by atoms with van der Waals surface area (Å²) in [4.78, 5) is 46.9. The Labute approximate surface area is 165 Å². The number of carbonyl (C=O) groups is 4. The van der Waals surface area contributed by atoms with Crippen molar-refractivity contribution >= 4 is 24.1 Å².